The van der Waals surface area contributed by atoms with Crippen LogP contribution < -0.4 is 5.32 Å². The highest BCUT2D eigenvalue weighted by atomic mass is 32.2. The minimum atomic E-state index is -0.170. The Balaban J connectivity index is 1.65. The molecule has 9 heteroatoms. The molecule has 3 rings (SSSR count). The normalized spacial score (nSPS) is 10.7. The maximum Gasteiger partial charge on any atom is 0.246 e. The third kappa shape index (κ3) is 4.14. The smallest absolute Gasteiger partial charge is 0.246 e. The summed E-state index contributed by atoms with van der Waals surface area (Å²) >= 11 is 3.25. The number of nitrogens with zero attached hydrogens (tertiary/aromatic N) is 5. The Kier molecular flexibility index (Phi) is 4.68. The van der Waals surface area contributed by atoms with E-state index < -0.39 is 0 Å². The van der Waals surface area contributed by atoms with Gasteiger partial charge in [0.25, 0.3) is 0 Å². The third-order valence-electron chi connectivity index (χ3n) is 2.97. The SMILES string of the molecule is Cc1csc(Sc2ccc(NC(=O)Cn3cnnn3)c(C)c2)n1. The van der Waals surface area contributed by atoms with Crippen molar-refractivity contribution in [3.63, 3.8) is 0 Å². The van der Waals surface area contributed by atoms with Gasteiger partial charge in [-0.15, -0.1) is 16.4 Å². The first-order valence-corrected chi connectivity index (χ1v) is 8.51. The Morgan fingerprint density at radius 1 is 1.39 bits per heavy atom. The average molecular weight is 346 g/mol. The van der Waals surface area contributed by atoms with Crippen molar-refractivity contribution in [3.8, 4) is 0 Å². The Labute approximate surface area is 141 Å². The van der Waals surface area contributed by atoms with Crippen molar-refractivity contribution in [3.05, 3.63) is 41.2 Å². The molecule has 0 aliphatic heterocycles. The van der Waals surface area contributed by atoms with Gasteiger partial charge in [0.2, 0.25) is 5.91 Å². The number of carbonyl (C=O) groups is 1. The Morgan fingerprint density at radius 3 is 2.91 bits per heavy atom. The zero-order valence-electron chi connectivity index (χ0n) is 12.6. The molecule has 0 radical (unpaired) electrons. The van der Waals surface area contributed by atoms with Crippen molar-refractivity contribution >= 4 is 34.7 Å². The number of anilines is 1. The van der Waals surface area contributed by atoms with E-state index in [0.717, 1.165) is 26.2 Å². The lowest BCUT2D eigenvalue weighted by molar-refractivity contribution is -0.116. The largest absolute Gasteiger partial charge is 0.324 e. The number of rotatable bonds is 5. The fourth-order valence-electron chi connectivity index (χ4n) is 1.91. The average Bonchev–Trinajstić information content (AvgIpc) is 3.14. The summed E-state index contributed by atoms with van der Waals surface area (Å²) in [6, 6.07) is 5.91. The highest BCUT2D eigenvalue weighted by Gasteiger charge is 2.08. The molecule has 0 unspecified atom stereocenters. The van der Waals surface area contributed by atoms with Gasteiger partial charge >= 0.3 is 0 Å². The van der Waals surface area contributed by atoms with Crippen molar-refractivity contribution < 1.29 is 4.79 Å². The van der Waals surface area contributed by atoms with E-state index in [1.807, 2.05) is 37.4 Å². The molecule has 3 aromatic rings. The zero-order valence-corrected chi connectivity index (χ0v) is 14.2. The number of aromatic nitrogens is 5. The van der Waals surface area contributed by atoms with E-state index in [9.17, 15) is 4.79 Å². The van der Waals surface area contributed by atoms with E-state index in [-0.39, 0.29) is 12.5 Å². The van der Waals surface area contributed by atoms with Crippen molar-refractivity contribution in [2.75, 3.05) is 5.32 Å². The van der Waals surface area contributed by atoms with Crippen LogP contribution in [-0.4, -0.2) is 31.1 Å². The minimum Gasteiger partial charge on any atom is -0.324 e. The van der Waals surface area contributed by atoms with Gasteiger partial charge in [0.1, 0.15) is 12.9 Å². The number of nitrogens with one attached hydrogen (secondary N) is 1. The first kappa shape index (κ1) is 15.6. The van der Waals surface area contributed by atoms with Crippen LogP contribution in [0.5, 0.6) is 0 Å². The standard InChI is InChI=1S/C14H14N6OS2/c1-9-5-11(23-14-16-10(2)7-22-14)3-4-12(9)17-13(21)6-20-8-15-18-19-20/h3-5,7-8H,6H2,1-2H3,(H,17,21). The highest BCUT2D eigenvalue weighted by Crippen LogP contribution is 2.32. The van der Waals surface area contributed by atoms with Crippen LogP contribution in [-0.2, 0) is 11.3 Å². The van der Waals surface area contributed by atoms with Crippen LogP contribution in [0.25, 0.3) is 0 Å². The molecular weight excluding hydrogens is 332 g/mol. The number of hydrogen-bond acceptors (Lipinski definition) is 7. The van der Waals surface area contributed by atoms with Crippen LogP contribution in [0.4, 0.5) is 5.69 Å². The van der Waals surface area contributed by atoms with Crippen molar-refractivity contribution in [2.45, 2.75) is 29.6 Å². The molecule has 1 amide bonds. The van der Waals surface area contributed by atoms with Gasteiger partial charge in [-0.05, 0) is 48.0 Å². The second-order valence-corrected chi connectivity index (χ2v) is 7.07. The van der Waals surface area contributed by atoms with Crippen LogP contribution in [0, 0.1) is 13.8 Å². The van der Waals surface area contributed by atoms with Gasteiger partial charge in [-0.3, -0.25) is 4.79 Å². The van der Waals surface area contributed by atoms with E-state index >= 15 is 0 Å². The molecule has 2 heterocycles. The van der Waals surface area contributed by atoms with Gasteiger partial charge in [0.05, 0.1) is 0 Å². The summed E-state index contributed by atoms with van der Waals surface area (Å²) in [6.07, 6.45) is 1.40. The van der Waals surface area contributed by atoms with E-state index in [0.29, 0.717) is 0 Å². The van der Waals surface area contributed by atoms with Crippen LogP contribution in [0.1, 0.15) is 11.3 Å². The third-order valence-corrected chi connectivity index (χ3v) is 5.02. The Morgan fingerprint density at radius 2 is 2.26 bits per heavy atom. The monoisotopic (exact) mass is 346 g/mol. The van der Waals surface area contributed by atoms with E-state index in [1.54, 1.807) is 23.1 Å². The van der Waals surface area contributed by atoms with Gasteiger partial charge in [0.15, 0.2) is 4.34 Å². The number of benzene rings is 1. The van der Waals surface area contributed by atoms with Crippen LogP contribution >= 0.6 is 23.1 Å². The number of amides is 1. The summed E-state index contributed by atoms with van der Waals surface area (Å²) in [7, 11) is 0. The molecule has 1 aromatic carbocycles. The summed E-state index contributed by atoms with van der Waals surface area (Å²) in [6.45, 7) is 4.03. The fraction of sp³-hybridized carbons (Fsp3) is 0.214. The lowest BCUT2D eigenvalue weighted by Gasteiger charge is -2.09. The number of tetrazole rings is 1. The molecule has 0 aliphatic rings. The zero-order chi connectivity index (χ0) is 16.2. The lowest BCUT2D eigenvalue weighted by Crippen LogP contribution is -2.19. The molecule has 0 aliphatic carbocycles. The molecule has 118 valence electrons. The summed E-state index contributed by atoms with van der Waals surface area (Å²) in [5.74, 6) is -0.170. The summed E-state index contributed by atoms with van der Waals surface area (Å²) in [5.41, 5.74) is 2.80. The lowest BCUT2D eigenvalue weighted by atomic mass is 10.2. The molecule has 0 saturated heterocycles. The predicted octanol–water partition coefficient (Wildman–Crippen LogP) is 2.54. The van der Waals surface area contributed by atoms with Gasteiger partial charge in [0, 0.05) is 21.7 Å². The molecule has 23 heavy (non-hydrogen) atoms. The first-order chi connectivity index (χ1) is 11.1. The van der Waals surface area contributed by atoms with E-state index in [1.165, 1.54) is 11.0 Å². The maximum atomic E-state index is 12.0. The second kappa shape index (κ2) is 6.88. The number of thiazole rings is 1. The molecule has 0 spiro atoms. The summed E-state index contributed by atoms with van der Waals surface area (Å²) in [5, 5.41) is 15.6. The first-order valence-electron chi connectivity index (χ1n) is 6.81. The molecule has 0 bridgehead atoms. The fourth-order valence-corrected chi connectivity index (χ4v) is 3.82. The van der Waals surface area contributed by atoms with Crippen molar-refractivity contribution in [1.29, 1.82) is 0 Å². The quantitative estimate of drug-likeness (QED) is 0.764. The van der Waals surface area contributed by atoms with Gasteiger partial charge in [-0.25, -0.2) is 9.67 Å². The van der Waals surface area contributed by atoms with Gasteiger partial charge in [-0.1, -0.05) is 11.8 Å². The number of hydrogen-bond donors (Lipinski definition) is 1. The van der Waals surface area contributed by atoms with E-state index in [4.69, 9.17) is 0 Å². The van der Waals surface area contributed by atoms with Gasteiger partial charge < -0.3 is 5.32 Å². The molecule has 0 atom stereocenters. The van der Waals surface area contributed by atoms with Gasteiger partial charge in [-0.2, -0.15) is 0 Å². The molecule has 2 aromatic heterocycles. The molecule has 7 nitrogen and oxygen atoms in total. The molecule has 0 fully saturated rings. The number of aryl methyl sites for hydroxylation is 2. The van der Waals surface area contributed by atoms with Crippen molar-refractivity contribution in [2.24, 2.45) is 0 Å². The number of carbonyl (C=O) groups excluding carboxylic acids is 1. The molecular formula is C14H14N6OS2. The minimum absolute atomic E-state index is 0.0847. The Bertz CT molecular complexity index is 815. The second-order valence-electron chi connectivity index (χ2n) is 4.89. The van der Waals surface area contributed by atoms with Crippen molar-refractivity contribution in [1.82, 2.24) is 25.2 Å². The molecule has 0 saturated carbocycles. The Hall–Kier alpha value is -2.26. The van der Waals surface area contributed by atoms with E-state index in [2.05, 4.69) is 25.8 Å². The summed E-state index contributed by atoms with van der Waals surface area (Å²) in [4.78, 5) is 17.5. The predicted molar refractivity (Wildman–Crippen MR) is 88.6 cm³/mol. The maximum absolute atomic E-state index is 12.0. The highest BCUT2D eigenvalue weighted by molar-refractivity contribution is 8.01. The molecule has 1 N–H and O–H groups in total. The summed E-state index contributed by atoms with van der Waals surface area (Å²) < 4.78 is 2.39. The van der Waals surface area contributed by atoms with Crippen LogP contribution in [0.3, 0.4) is 0 Å². The van der Waals surface area contributed by atoms with Crippen LogP contribution in [0.2, 0.25) is 0 Å². The topological polar surface area (TPSA) is 85.6 Å². The van der Waals surface area contributed by atoms with Crippen LogP contribution in [0.15, 0.2) is 39.1 Å².